The van der Waals surface area contributed by atoms with E-state index in [0.29, 0.717) is 11.6 Å². The van der Waals surface area contributed by atoms with Gasteiger partial charge < -0.3 is 10.1 Å². The largest absolute Gasteiger partial charge is 0.457 e. The number of hydrogen-bond donors (Lipinski definition) is 1. The predicted molar refractivity (Wildman–Crippen MR) is 104 cm³/mol. The molecule has 2 aromatic carbocycles. The minimum Gasteiger partial charge on any atom is -0.457 e. The van der Waals surface area contributed by atoms with Crippen LogP contribution in [-0.4, -0.2) is 24.3 Å². The Morgan fingerprint density at radius 1 is 1.03 bits per heavy atom. The fourth-order valence-electron chi connectivity index (χ4n) is 2.16. The van der Waals surface area contributed by atoms with Crippen LogP contribution in [0.1, 0.15) is 28.8 Å². The molecule has 0 fully saturated rings. The van der Waals surface area contributed by atoms with Gasteiger partial charge >= 0.3 is 12.1 Å². The van der Waals surface area contributed by atoms with Crippen molar-refractivity contribution in [3.8, 4) is 0 Å². The quantitative estimate of drug-likeness (QED) is 0.422. The number of carbonyl (C=O) groups excluding carboxylic acids is 3. The zero-order chi connectivity index (χ0) is 21.6. The van der Waals surface area contributed by atoms with E-state index in [1.165, 1.54) is 0 Å². The minimum absolute atomic E-state index is 0.0750. The molecule has 0 aliphatic carbocycles. The Morgan fingerprint density at radius 2 is 1.69 bits per heavy atom. The van der Waals surface area contributed by atoms with E-state index in [4.69, 9.17) is 16.3 Å². The Morgan fingerprint density at radius 3 is 2.31 bits per heavy atom. The number of amides is 1. The molecule has 5 nitrogen and oxygen atoms in total. The topological polar surface area (TPSA) is 72.5 Å². The molecule has 0 aliphatic heterocycles. The third kappa shape index (κ3) is 7.17. The van der Waals surface area contributed by atoms with Gasteiger partial charge in [0, 0.05) is 16.5 Å². The molecule has 0 heterocycles. The van der Waals surface area contributed by atoms with Crippen LogP contribution < -0.4 is 5.32 Å². The number of rotatable bonds is 7. The highest BCUT2D eigenvalue weighted by Gasteiger charge is 2.31. The average Bonchev–Trinajstić information content (AvgIpc) is 2.66. The standard InChI is InChI=1S/C19H14BrClF3NO4/c20-13-4-1-11(2-5-13)16(26)10-29-18(28)8-7-17(27)25-15-9-12(19(22,23)24)3-6-14(15)21/h1-6,9H,7-8,10H2,(H,25,27). The van der Waals surface area contributed by atoms with Crippen LogP contribution in [0.2, 0.25) is 5.02 Å². The first-order valence-corrected chi connectivity index (χ1v) is 9.34. The molecule has 10 heteroatoms. The molecule has 0 atom stereocenters. The van der Waals surface area contributed by atoms with Crippen molar-refractivity contribution in [3.05, 3.63) is 63.1 Å². The average molecular weight is 493 g/mol. The fourth-order valence-corrected chi connectivity index (χ4v) is 2.59. The SMILES string of the molecule is O=C(CCC(=O)OCC(=O)c1ccc(Br)cc1)Nc1cc(C(F)(F)F)ccc1Cl. The summed E-state index contributed by atoms with van der Waals surface area (Å²) in [4.78, 5) is 35.5. The number of benzene rings is 2. The summed E-state index contributed by atoms with van der Waals surface area (Å²) in [5.74, 6) is -1.92. The first-order chi connectivity index (χ1) is 13.6. The molecule has 29 heavy (non-hydrogen) atoms. The fraction of sp³-hybridized carbons (Fsp3) is 0.211. The van der Waals surface area contributed by atoms with Crippen LogP contribution in [0.15, 0.2) is 46.9 Å². The molecule has 0 aliphatic rings. The van der Waals surface area contributed by atoms with Crippen molar-refractivity contribution in [1.29, 1.82) is 0 Å². The highest BCUT2D eigenvalue weighted by molar-refractivity contribution is 9.10. The van der Waals surface area contributed by atoms with Gasteiger partial charge in [-0.15, -0.1) is 0 Å². The maximum absolute atomic E-state index is 12.7. The Kier molecular flexibility index (Phi) is 7.80. The van der Waals surface area contributed by atoms with Crippen molar-refractivity contribution in [1.82, 2.24) is 0 Å². The first kappa shape index (κ1) is 22.9. The number of hydrogen-bond acceptors (Lipinski definition) is 4. The van der Waals surface area contributed by atoms with Crippen LogP contribution in [0.4, 0.5) is 18.9 Å². The lowest BCUT2D eigenvalue weighted by Crippen LogP contribution is -2.18. The van der Waals surface area contributed by atoms with Gasteiger partial charge in [0.2, 0.25) is 5.91 Å². The highest BCUT2D eigenvalue weighted by Crippen LogP contribution is 2.33. The number of halogens is 5. The number of alkyl halides is 3. The Balaban J connectivity index is 1.82. The van der Waals surface area contributed by atoms with E-state index in [1.54, 1.807) is 24.3 Å². The highest BCUT2D eigenvalue weighted by atomic mass is 79.9. The summed E-state index contributed by atoms with van der Waals surface area (Å²) in [5.41, 5.74) is -0.828. The Labute approximate surface area is 177 Å². The van der Waals surface area contributed by atoms with E-state index in [-0.39, 0.29) is 23.6 Å². The van der Waals surface area contributed by atoms with E-state index in [9.17, 15) is 27.6 Å². The smallest absolute Gasteiger partial charge is 0.416 e. The van der Waals surface area contributed by atoms with Crippen molar-refractivity contribution in [2.75, 3.05) is 11.9 Å². The predicted octanol–water partition coefficient (Wildman–Crippen LogP) is 5.27. The molecule has 1 N–H and O–H groups in total. The maximum atomic E-state index is 12.7. The molecule has 0 radical (unpaired) electrons. The summed E-state index contributed by atoms with van der Waals surface area (Å²) < 4.78 is 43.8. The van der Waals surface area contributed by atoms with Crippen LogP contribution >= 0.6 is 27.5 Å². The zero-order valence-corrected chi connectivity index (χ0v) is 17.0. The van der Waals surface area contributed by atoms with Gasteiger partial charge in [-0.2, -0.15) is 13.2 Å². The molecule has 0 saturated carbocycles. The molecule has 0 unspecified atom stereocenters. The van der Waals surface area contributed by atoms with Gasteiger partial charge in [0.1, 0.15) is 0 Å². The molecule has 0 aromatic heterocycles. The van der Waals surface area contributed by atoms with E-state index in [0.717, 1.165) is 16.6 Å². The van der Waals surface area contributed by atoms with Crippen molar-refractivity contribution < 1.29 is 32.3 Å². The molecule has 2 aromatic rings. The number of nitrogens with one attached hydrogen (secondary N) is 1. The minimum atomic E-state index is -4.59. The third-order valence-corrected chi connectivity index (χ3v) is 4.51. The molecular formula is C19H14BrClF3NO4. The number of Topliss-reactive ketones (excluding diaryl/α,β-unsaturated/α-hetero) is 1. The molecular weight excluding hydrogens is 479 g/mol. The van der Waals surface area contributed by atoms with Crippen molar-refractivity contribution in [2.24, 2.45) is 0 Å². The van der Waals surface area contributed by atoms with Gasteiger partial charge in [0.05, 0.1) is 22.7 Å². The van der Waals surface area contributed by atoms with Gasteiger partial charge in [0.15, 0.2) is 12.4 Å². The normalized spacial score (nSPS) is 11.1. The van der Waals surface area contributed by atoms with E-state index in [1.807, 2.05) is 0 Å². The van der Waals surface area contributed by atoms with Crippen LogP contribution in [0, 0.1) is 0 Å². The third-order valence-electron chi connectivity index (χ3n) is 3.65. The van der Waals surface area contributed by atoms with Gasteiger partial charge in [-0.25, -0.2) is 0 Å². The molecule has 0 saturated heterocycles. The van der Waals surface area contributed by atoms with E-state index < -0.39 is 36.0 Å². The van der Waals surface area contributed by atoms with E-state index >= 15 is 0 Å². The summed E-state index contributed by atoms with van der Waals surface area (Å²) >= 11 is 9.03. The van der Waals surface area contributed by atoms with Gasteiger partial charge in [-0.1, -0.05) is 39.7 Å². The van der Waals surface area contributed by atoms with Gasteiger partial charge in [-0.05, 0) is 30.3 Å². The Bertz CT molecular complexity index is 917. The van der Waals surface area contributed by atoms with Crippen molar-refractivity contribution in [2.45, 2.75) is 19.0 Å². The summed E-state index contributed by atoms with van der Waals surface area (Å²) in [5, 5.41) is 2.15. The second-order valence-electron chi connectivity index (χ2n) is 5.83. The summed E-state index contributed by atoms with van der Waals surface area (Å²) in [7, 11) is 0. The monoisotopic (exact) mass is 491 g/mol. The number of anilines is 1. The molecule has 154 valence electrons. The molecule has 1 amide bonds. The molecule has 0 bridgehead atoms. The zero-order valence-electron chi connectivity index (χ0n) is 14.7. The summed E-state index contributed by atoms with van der Waals surface area (Å²) in [6.45, 7) is -0.485. The lowest BCUT2D eigenvalue weighted by atomic mass is 10.1. The van der Waals surface area contributed by atoms with Crippen molar-refractivity contribution >= 4 is 50.9 Å². The van der Waals surface area contributed by atoms with Crippen LogP contribution in [0.3, 0.4) is 0 Å². The second kappa shape index (κ2) is 9.89. The van der Waals surface area contributed by atoms with Gasteiger partial charge in [0.25, 0.3) is 0 Å². The summed E-state index contributed by atoms with van der Waals surface area (Å²) in [6.07, 6.45) is -5.29. The number of esters is 1. The molecule has 2 rings (SSSR count). The first-order valence-electron chi connectivity index (χ1n) is 8.17. The maximum Gasteiger partial charge on any atom is 0.416 e. The van der Waals surface area contributed by atoms with Crippen LogP contribution in [0.25, 0.3) is 0 Å². The van der Waals surface area contributed by atoms with E-state index in [2.05, 4.69) is 21.2 Å². The number of carbonyl (C=O) groups is 3. The molecule has 0 spiro atoms. The Hall–Kier alpha value is -2.39. The summed E-state index contributed by atoms with van der Waals surface area (Å²) in [6, 6.07) is 8.96. The number of ketones is 1. The van der Waals surface area contributed by atoms with Crippen LogP contribution in [-0.2, 0) is 20.5 Å². The lowest BCUT2D eigenvalue weighted by Gasteiger charge is -2.11. The van der Waals surface area contributed by atoms with Crippen molar-refractivity contribution in [3.63, 3.8) is 0 Å². The second-order valence-corrected chi connectivity index (χ2v) is 7.15. The lowest BCUT2D eigenvalue weighted by molar-refractivity contribution is -0.143. The van der Waals surface area contributed by atoms with Gasteiger partial charge in [-0.3, -0.25) is 14.4 Å². The number of ether oxygens (including phenoxy) is 1. The van der Waals surface area contributed by atoms with Crippen LogP contribution in [0.5, 0.6) is 0 Å².